The van der Waals surface area contributed by atoms with E-state index in [0.717, 1.165) is 6.26 Å². The Morgan fingerprint density at radius 2 is 0.909 bits per heavy atom. The minimum Gasteiger partial charge on any atom is -0.307 e. The zero-order chi connectivity index (χ0) is 30.3. The summed E-state index contributed by atoms with van der Waals surface area (Å²) in [5.74, 6) is 0. The molecule has 6 aromatic carbocycles. The highest BCUT2D eigenvalue weighted by Crippen LogP contribution is 2.41. The molecule has 0 saturated carbocycles. The maximum Gasteiger partial charge on any atom is 0.175 e. The Kier molecular flexibility index (Phi) is 6.73. The monoisotopic (exact) mass is 589 g/mol. The van der Waals surface area contributed by atoms with E-state index < -0.39 is 9.84 Å². The van der Waals surface area contributed by atoms with Gasteiger partial charge in [-0.15, -0.1) is 0 Å². The summed E-state index contributed by atoms with van der Waals surface area (Å²) in [5.41, 5.74) is 7.76. The van der Waals surface area contributed by atoms with Crippen molar-refractivity contribution in [3.63, 3.8) is 0 Å². The van der Waals surface area contributed by atoms with Gasteiger partial charge in [-0.25, -0.2) is 8.42 Å². The van der Waals surface area contributed by atoms with Gasteiger partial charge in [-0.3, -0.25) is 0 Å². The Bertz CT molecular complexity index is 2320. The van der Waals surface area contributed by atoms with Crippen LogP contribution in [0, 0.1) is 11.3 Å². The molecule has 8 rings (SSSR count). The zero-order valence-corrected chi connectivity index (χ0v) is 24.7. The van der Waals surface area contributed by atoms with E-state index in [9.17, 15) is 8.42 Å². The zero-order valence-electron chi connectivity index (χ0n) is 23.9. The summed E-state index contributed by atoms with van der Waals surface area (Å²) in [5, 5.41) is 13.5. The second kappa shape index (κ2) is 10.9. The molecule has 8 aromatic rings. The lowest BCUT2D eigenvalue weighted by atomic mass is 10.1. The molecule has 6 heteroatoms. The molecule has 0 saturated heterocycles. The number of aromatic nitrogens is 2. The summed E-state index contributed by atoms with van der Waals surface area (Å²) < 4.78 is 26.7. The highest BCUT2D eigenvalue weighted by Gasteiger charge is 2.20. The van der Waals surface area contributed by atoms with E-state index in [1.807, 2.05) is 6.07 Å². The van der Waals surface area contributed by atoms with E-state index in [4.69, 9.17) is 5.26 Å². The Morgan fingerprint density at radius 3 is 1.32 bits per heavy atom. The smallest absolute Gasteiger partial charge is 0.175 e. The SMILES string of the molecule is CS(=O)(=O)c1ccc(C#N)cc1.c1ccc(-n2c3ccccc3c3ccc4c5ccccc5n(-c5ccccc5)c4c32)cc1. The van der Waals surface area contributed by atoms with Gasteiger partial charge >= 0.3 is 0 Å². The molecule has 2 aromatic heterocycles. The number of benzene rings is 6. The maximum atomic E-state index is 10.9. The van der Waals surface area contributed by atoms with Crippen LogP contribution < -0.4 is 0 Å². The average molecular weight is 590 g/mol. The van der Waals surface area contributed by atoms with Gasteiger partial charge in [0, 0.05) is 39.2 Å². The van der Waals surface area contributed by atoms with Crippen LogP contribution in [0.1, 0.15) is 5.56 Å². The normalized spacial score (nSPS) is 11.5. The second-order valence-corrected chi connectivity index (χ2v) is 12.7. The predicted octanol–water partition coefficient (Wildman–Crippen LogP) is 8.84. The van der Waals surface area contributed by atoms with Crippen LogP contribution in [0.4, 0.5) is 0 Å². The van der Waals surface area contributed by atoms with Crippen molar-refractivity contribution in [1.82, 2.24) is 9.13 Å². The van der Waals surface area contributed by atoms with Crippen molar-refractivity contribution in [1.29, 1.82) is 5.26 Å². The summed E-state index contributed by atoms with van der Waals surface area (Å²) >= 11 is 0. The summed E-state index contributed by atoms with van der Waals surface area (Å²) in [7, 11) is -3.14. The van der Waals surface area contributed by atoms with Crippen LogP contribution >= 0.6 is 0 Å². The van der Waals surface area contributed by atoms with Gasteiger partial charge in [0.15, 0.2) is 9.84 Å². The van der Waals surface area contributed by atoms with Crippen molar-refractivity contribution in [2.45, 2.75) is 4.90 Å². The van der Waals surface area contributed by atoms with Crippen molar-refractivity contribution < 1.29 is 8.42 Å². The lowest BCUT2D eigenvalue weighted by molar-refractivity contribution is 0.602. The highest BCUT2D eigenvalue weighted by molar-refractivity contribution is 7.90. The molecular weight excluding hydrogens is 563 g/mol. The van der Waals surface area contributed by atoms with E-state index in [0.29, 0.717) is 5.56 Å². The van der Waals surface area contributed by atoms with Gasteiger partial charge in [-0.05, 0) is 60.7 Å². The molecule has 44 heavy (non-hydrogen) atoms. The van der Waals surface area contributed by atoms with Crippen LogP contribution in [0.25, 0.3) is 55.0 Å². The molecule has 0 atom stereocenters. The van der Waals surface area contributed by atoms with Gasteiger partial charge in [0.2, 0.25) is 0 Å². The van der Waals surface area contributed by atoms with Gasteiger partial charge in [0.1, 0.15) is 0 Å². The largest absolute Gasteiger partial charge is 0.307 e. The molecule has 0 N–H and O–H groups in total. The molecule has 0 fully saturated rings. The standard InChI is InChI=1S/C30H20N2.C8H7NO2S/c1-3-11-21(12-4-1)31-27-17-9-7-15-23(27)25-19-20-26-24-16-8-10-18-28(24)32(30(26)29(25)31)22-13-5-2-6-14-22;1-12(10,11)8-4-2-7(6-9)3-5-8/h1-20H;2-5H,1H3. The molecule has 212 valence electrons. The Morgan fingerprint density at radius 1 is 0.500 bits per heavy atom. The third-order valence-electron chi connectivity index (χ3n) is 7.91. The molecule has 0 aliphatic rings. The fourth-order valence-corrected chi connectivity index (χ4v) is 6.60. The van der Waals surface area contributed by atoms with Crippen LogP contribution in [-0.2, 0) is 9.84 Å². The van der Waals surface area contributed by atoms with Gasteiger partial charge < -0.3 is 9.13 Å². The quantitative estimate of drug-likeness (QED) is 0.207. The first-order valence-electron chi connectivity index (χ1n) is 14.2. The van der Waals surface area contributed by atoms with Crippen LogP contribution in [0.5, 0.6) is 0 Å². The molecule has 0 spiro atoms. The number of para-hydroxylation sites is 4. The molecule has 5 nitrogen and oxygen atoms in total. The summed E-state index contributed by atoms with van der Waals surface area (Å²) in [6.45, 7) is 0. The number of nitrogens with zero attached hydrogens (tertiary/aromatic N) is 3. The Labute approximate surface area is 255 Å². The molecule has 0 bridgehead atoms. The van der Waals surface area contributed by atoms with Crippen molar-refractivity contribution in [2.75, 3.05) is 6.26 Å². The van der Waals surface area contributed by atoms with Crippen molar-refractivity contribution in [3.05, 3.63) is 151 Å². The Hall–Kier alpha value is -5.64. The van der Waals surface area contributed by atoms with Gasteiger partial charge in [-0.1, -0.05) is 84.9 Å². The molecule has 0 amide bonds. The van der Waals surface area contributed by atoms with E-state index in [-0.39, 0.29) is 4.90 Å². The van der Waals surface area contributed by atoms with Gasteiger partial charge in [0.05, 0.1) is 38.6 Å². The van der Waals surface area contributed by atoms with Crippen LogP contribution in [0.3, 0.4) is 0 Å². The molecular formula is C38H27N3O2S. The summed E-state index contributed by atoms with van der Waals surface area (Å²) in [6, 6.07) is 51.1. The first-order valence-corrected chi connectivity index (χ1v) is 16.1. The van der Waals surface area contributed by atoms with E-state index in [1.54, 1.807) is 0 Å². The average Bonchev–Trinajstić information content (AvgIpc) is 3.59. The van der Waals surface area contributed by atoms with E-state index in [2.05, 4.69) is 130 Å². The minimum absolute atomic E-state index is 0.238. The van der Waals surface area contributed by atoms with E-state index >= 15 is 0 Å². The maximum absolute atomic E-state index is 10.9. The van der Waals surface area contributed by atoms with Crippen molar-refractivity contribution >= 4 is 53.4 Å². The number of hydrogen-bond donors (Lipinski definition) is 0. The molecule has 2 heterocycles. The van der Waals surface area contributed by atoms with Crippen molar-refractivity contribution in [2.24, 2.45) is 0 Å². The molecule has 0 aliphatic carbocycles. The molecule has 0 aliphatic heterocycles. The molecule has 0 radical (unpaired) electrons. The Balaban J connectivity index is 0.000000221. The summed E-state index contributed by atoms with van der Waals surface area (Å²) in [4.78, 5) is 0.238. The fraction of sp³-hybridized carbons (Fsp3) is 0.0263. The lowest BCUT2D eigenvalue weighted by Gasteiger charge is -2.12. The van der Waals surface area contributed by atoms with Crippen LogP contribution in [0.15, 0.2) is 150 Å². The second-order valence-electron chi connectivity index (χ2n) is 10.6. The number of nitriles is 1. The van der Waals surface area contributed by atoms with Gasteiger partial charge in [0.25, 0.3) is 0 Å². The first kappa shape index (κ1) is 27.2. The fourth-order valence-electron chi connectivity index (χ4n) is 5.97. The topological polar surface area (TPSA) is 67.8 Å². The number of rotatable bonds is 3. The lowest BCUT2D eigenvalue weighted by Crippen LogP contribution is -1.98. The number of hydrogen-bond acceptors (Lipinski definition) is 3. The predicted molar refractivity (Wildman–Crippen MR) is 179 cm³/mol. The first-order chi connectivity index (χ1) is 21.5. The van der Waals surface area contributed by atoms with Crippen molar-refractivity contribution in [3.8, 4) is 17.4 Å². The van der Waals surface area contributed by atoms with E-state index in [1.165, 1.54) is 79.3 Å². The van der Waals surface area contributed by atoms with Crippen LogP contribution in [-0.4, -0.2) is 23.8 Å². The van der Waals surface area contributed by atoms with Crippen LogP contribution in [0.2, 0.25) is 0 Å². The highest BCUT2D eigenvalue weighted by atomic mass is 32.2. The number of sulfone groups is 1. The third kappa shape index (κ3) is 4.60. The molecule has 0 unspecified atom stereocenters. The van der Waals surface area contributed by atoms with Gasteiger partial charge in [-0.2, -0.15) is 5.26 Å². The number of fused-ring (bicyclic) bond motifs is 7. The minimum atomic E-state index is -3.14. The summed E-state index contributed by atoms with van der Waals surface area (Å²) in [6.07, 6.45) is 1.13. The third-order valence-corrected chi connectivity index (χ3v) is 9.04.